The van der Waals surface area contributed by atoms with E-state index < -0.39 is 0 Å². The van der Waals surface area contributed by atoms with E-state index in [4.69, 9.17) is 4.74 Å². The summed E-state index contributed by atoms with van der Waals surface area (Å²) in [5.41, 5.74) is 3.25. The number of likely N-dealkylation sites (tertiary alicyclic amines) is 1. The van der Waals surface area contributed by atoms with Crippen molar-refractivity contribution in [3.8, 4) is 0 Å². The van der Waals surface area contributed by atoms with Crippen LogP contribution in [0, 0.1) is 0 Å². The standard InChI is InChI=1S/C23H28N4O3/c28-21(26-12-4-5-13-26)20-18-16-30-15-8-19(18)27(25-20)14-11-24-22(29)23(9-10-23)17-6-2-1-3-7-17/h1-3,6-7H,4-5,8-16H2,(H,24,29). The monoisotopic (exact) mass is 408 g/mol. The minimum atomic E-state index is -0.366. The van der Waals surface area contributed by atoms with Crippen molar-refractivity contribution in [1.29, 1.82) is 0 Å². The molecule has 3 aliphatic rings. The summed E-state index contributed by atoms with van der Waals surface area (Å²) in [4.78, 5) is 27.7. The summed E-state index contributed by atoms with van der Waals surface area (Å²) < 4.78 is 7.52. The van der Waals surface area contributed by atoms with E-state index in [1.54, 1.807) is 0 Å². The number of hydrogen-bond acceptors (Lipinski definition) is 4. The van der Waals surface area contributed by atoms with Gasteiger partial charge in [0.25, 0.3) is 5.91 Å². The van der Waals surface area contributed by atoms with Gasteiger partial charge in [-0.2, -0.15) is 5.10 Å². The molecule has 2 fully saturated rings. The third-order valence-electron chi connectivity index (χ3n) is 6.61. The van der Waals surface area contributed by atoms with Crippen LogP contribution in [0.2, 0.25) is 0 Å². The number of nitrogens with one attached hydrogen (secondary N) is 1. The lowest BCUT2D eigenvalue weighted by molar-refractivity contribution is -0.123. The van der Waals surface area contributed by atoms with Gasteiger partial charge in [0.15, 0.2) is 5.69 Å². The average Bonchev–Trinajstić information content (AvgIpc) is 3.26. The van der Waals surface area contributed by atoms with Gasteiger partial charge in [0.05, 0.1) is 25.2 Å². The van der Waals surface area contributed by atoms with E-state index in [-0.39, 0.29) is 17.2 Å². The van der Waals surface area contributed by atoms with Crippen molar-refractivity contribution in [2.45, 2.75) is 50.7 Å². The fraction of sp³-hybridized carbons (Fsp3) is 0.522. The number of ether oxygens (including phenoxy) is 1. The second-order valence-electron chi connectivity index (χ2n) is 8.50. The van der Waals surface area contributed by atoms with E-state index in [1.165, 1.54) is 0 Å². The number of fused-ring (bicyclic) bond motifs is 1. The van der Waals surface area contributed by atoms with Gasteiger partial charge in [-0.1, -0.05) is 30.3 Å². The van der Waals surface area contributed by atoms with Crippen LogP contribution in [0.5, 0.6) is 0 Å². The van der Waals surface area contributed by atoms with Crippen LogP contribution < -0.4 is 5.32 Å². The van der Waals surface area contributed by atoms with Crippen molar-refractivity contribution in [1.82, 2.24) is 20.0 Å². The zero-order chi connectivity index (χ0) is 20.6. The Labute approximate surface area is 176 Å². The predicted octanol–water partition coefficient (Wildman–Crippen LogP) is 2.04. The lowest BCUT2D eigenvalue weighted by atomic mass is 9.95. The first-order valence-electron chi connectivity index (χ1n) is 11.0. The molecule has 1 aromatic carbocycles. The first kappa shape index (κ1) is 19.3. The van der Waals surface area contributed by atoms with E-state index in [9.17, 15) is 9.59 Å². The molecule has 7 nitrogen and oxygen atoms in total. The third-order valence-corrected chi connectivity index (χ3v) is 6.61. The lowest BCUT2D eigenvalue weighted by Gasteiger charge is -2.18. The van der Waals surface area contributed by atoms with Crippen LogP contribution in [0.4, 0.5) is 0 Å². The maximum absolute atomic E-state index is 12.9. The predicted molar refractivity (Wildman–Crippen MR) is 111 cm³/mol. The summed E-state index contributed by atoms with van der Waals surface area (Å²) in [7, 11) is 0. The Morgan fingerprint density at radius 2 is 1.90 bits per heavy atom. The molecule has 2 amide bonds. The van der Waals surface area contributed by atoms with Crippen LogP contribution in [0.3, 0.4) is 0 Å². The smallest absolute Gasteiger partial charge is 0.274 e. The first-order chi connectivity index (χ1) is 14.7. The maximum atomic E-state index is 12.9. The Kier molecular flexibility index (Phi) is 5.06. The lowest BCUT2D eigenvalue weighted by Crippen LogP contribution is -2.37. The summed E-state index contributed by atoms with van der Waals surface area (Å²) in [6, 6.07) is 10.0. The third kappa shape index (κ3) is 3.41. The van der Waals surface area contributed by atoms with Crippen LogP contribution in [0.1, 0.15) is 53.0 Å². The summed E-state index contributed by atoms with van der Waals surface area (Å²) in [5.74, 6) is 0.101. The van der Waals surface area contributed by atoms with Crippen molar-refractivity contribution >= 4 is 11.8 Å². The minimum absolute atomic E-state index is 0.0121. The number of carbonyl (C=O) groups is 2. The molecule has 7 heteroatoms. The Bertz CT molecular complexity index is 943. The van der Waals surface area contributed by atoms with Gasteiger partial charge in [0, 0.05) is 37.3 Å². The summed E-state index contributed by atoms with van der Waals surface area (Å²) in [6.07, 6.45) is 4.65. The number of benzene rings is 1. The molecule has 0 bridgehead atoms. The molecule has 1 aliphatic carbocycles. The highest BCUT2D eigenvalue weighted by atomic mass is 16.5. The van der Waals surface area contributed by atoms with Crippen LogP contribution in [0.25, 0.3) is 0 Å². The highest BCUT2D eigenvalue weighted by molar-refractivity contribution is 5.94. The Hall–Kier alpha value is -2.67. The second-order valence-corrected chi connectivity index (χ2v) is 8.50. The number of aromatic nitrogens is 2. The quantitative estimate of drug-likeness (QED) is 0.794. The molecule has 1 saturated carbocycles. The molecule has 1 N–H and O–H groups in total. The van der Waals surface area contributed by atoms with Gasteiger partial charge >= 0.3 is 0 Å². The van der Waals surface area contributed by atoms with Crippen molar-refractivity contribution in [2.24, 2.45) is 0 Å². The van der Waals surface area contributed by atoms with Crippen LogP contribution in [0.15, 0.2) is 30.3 Å². The number of amides is 2. The average molecular weight is 409 g/mol. The SMILES string of the molecule is O=C(c1nn(CCNC(=O)C2(c3ccccc3)CC2)c2c1COCC2)N1CCCC1. The molecular formula is C23H28N4O3. The van der Waals surface area contributed by atoms with Crippen molar-refractivity contribution in [3.63, 3.8) is 0 Å². The number of hydrogen-bond donors (Lipinski definition) is 1. The second kappa shape index (κ2) is 7.87. The molecule has 1 aromatic heterocycles. The van der Waals surface area contributed by atoms with Crippen molar-refractivity contribution < 1.29 is 14.3 Å². The molecule has 0 radical (unpaired) electrons. The van der Waals surface area contributed by atoms with Gasteiger partial charge in [-0.3, -0.25) is 14.3 Å². The van der Waals surface area contributed by atoms with Crippen LogP contribution in [-0.2, 0) is 34.5 Å². The zero-order valence-electron chi connectivity index (χ0n) is 17.2. The fourth-order valence-corrected chi connectivity index (χ4v) is 4.71. The van der Waals surface area contributed by atoms with E-state index in [1.807, 2.05) is 39.9 Å². The molecule has 5 rings (SSSR count). The topological polar surface area (TPSA) is 76.5 Å². The fourth-order valence-electron chi connectivity index (χ4n) is 4.71. The van der Waals surface area contributed by atoms with E-state index in [2.05, 4.69) is 10.4 Å². The summed E-state index contributed by atoms with van der Waals surface area (Å²) >= 11 is 0. The van der Waals surface area contributed by atoms with E-state index >= 15 is 0 Å². The summed E-state index contributed by atoms with van der Waals surface area (Å²) in [5, 5.41) is 7.77. The molecule has 158 valence electrons. The van der Waals surface area contributed by atoms with Crippen LogP contribution in [-0.4, -0.2) is 52.7 Å². The maximum Gasteiger partial charge on any atom is 0.274 e. The highest BCUT2D eigenvalue weighted by Crippen LogP contribution is 2.48. The van der Waals surface area contributed by atoms with Gasteiger partial charge in [-0.25, -0.2) is 0 Å². The Balaban J connectivity index is 1.27. The van der Waals surface area contributed by atoms with Crippen molar-refractivity contribution in [2.75, 3.05) is 26.2 Å². The Morgan fingerprint density at radius 1 is 1.13 bits per heavy atom. The molecule has 3 heterocycles. The molecule has 0 atom stereocenters. The van der Waals surface area contributed by atoms with Crippen LogP contribution >= 0.6 is 0 Å². The molecule has 0 spiro atoms. The van der Waals surface area contributed by atoms with Gasteiger partial charge in [0.2, 0.25) is 5.91 Å². The first-order valence-corrected chi connectivity index (χ1v) is 11.0. The highest BCUT2D eigenvalue weighted by Gasteiger charge is 2.50. The summed E-state index contributed by atoms with van der Waals surface area (Å²) in [6.45, 7) is 3.75. The van der Waals surface area contributed by atoms with Gasteiger partial charge in [-0.15, -0.1) is 0 Å². The molecule has 1 saturated heterocycles. The molecular weight excluding hydrogens is 380 g/mol. The zero-order valence-corrected chi connectivity index (χ0v) is 17.2. The molecule has 2 aliphatic heterocycles. The normalized spacial score (nSPS) is 19.4. The minimum Gasteiger partial charge on any atom is -0.376 e. The molecule has 2 aromatic rings. The van der Waals surface area contributed by atoms with Crippen molar-refractivity contribution in [3.05, 3.63) is 52.8 Å². The number of rotatable bonds is 6. The van der Waals surface area contributed by atoms with E-state index in [0.717, 1.165) is 62.0 Å². The molecule has 30 heavy (non-hydrogen) atoms. The van der Waals surface area contributed by atoms with E-state index in [0.29, 0.717) is 32.0 Å². The van der Waals surface area contributed by atoms with Gasteiger partial charge in [0.1, 0.15) is 0 Å². The van der Waals surface area contributed by atoms with Gasteiger partial charge in [-0.05, 0) is 31.2 Å². The largest absolute Gasteiger partial charge is 0.376 e. The Morgan fingerprint density at radius 3 is 2.63 bits per heavy atom. The number of nitrogens with zero attached hydrogens (tertiary/aromatic N) is 3. The molecule has 0 unspecified atom stereocenters. The van der Waals surface area contributed by atoms with Gasteiger partial charge < -0.3 is 15.0 Å². The number of carbonyl (C=O) groups excluding carboxylic acids is 2.